The van der Waals surface area contributed by atoms with Crippen LogP contribution in [0.2, 0.25) is 0 Å². The van der Waals surface area contributed by atoms with Crippen molar-refractivity contribution in [3.63, 3.8) is 0 Å². The monoisotopic (exact) mass is 269 g/mol. The number of aryl methyl sites for hydroxylation is 1. The predicted octanol–water partition coefficient (Wildman–Crippen LogP) is 4.59. The van der Waals surface area contributed by atoms with Crippen LogP contribution in [-0.2, 0) is 13.0 Å². The average Bonchev–Trinajstić information content (AvgIpc) is 2.49. The second-order valence-corrected chi connectivity index (χ2v) is 5.85. The third kappa shape index (κ3) is 4.35. The van der Waals surface area contributed by atoms with E-state index < -0.39 is 0 Å². The van der Waals surface area contributed by atoms with Gasteiger partial charge < -0.3 is 4.90 Å². The minimum absolute atomic E-state index is 0.671. The molecule has 1 aliphatic rings. The summed E-state index contributed by atoms with van der Waals surface area (Å²) in [5.41, 5.74) is 4.32. The van der Waals surface area contributed by atoms with E-state index in [1.165, 1.54) is 23.1 Å². The summed E-state index contributed by atoms with van der Waals surface area (Å²) in [7, 11) is 2.22. The largest absolute Gasteiger partial charge is 0.302 e. The molecule has 1 aromatic rings. The molecule has 1 unspecified atom stereocenters. The lowest BCUT2D eigenvalue weighted by Gasteiger charge is -2.23. The first kappa shape index (κ1) is 15.1. The molecule has 1 aromatic carbocycles. The van der Waals surface area contributed by atoms with E-state index in [9.17, 15) is 0 Å². The van der Waals surface area contributed by atoms with Crippen molar-refractivity contribution in [1.82, 2.24) is 4.90 Å². The van der Waals surface area contributed by atoms with Gasteiger partial charge in [-0.1, -0.05) is 61.9 Å². The molecule has 1 atom stereocenters. The normalized spacial score (nSPS) is 18.4. The molecule has 0 N–H and O–H groups in total. The maximum Gasteiger partial charge on any atom is 0.0230 e. The van der Waals surface area contributed by atoms with Crippen molar-refractivity contribution in [2.24, 2.45) is 5.92 Å². The Morgan fingerprint density at radius 1 is 1.05 bits per heavy atom. The number of hydrogen-bond donors (Lipinski definition) is 0. The fourth-order valence-corrected chi connectivity index (χ4v) is 2.76. The van der Waals surface area contributed by atoms with Crippen molar-refractivity contribution in [2.45, 2.75) is 39.7 Å². The van der Waals surface area contributed by atoms with Crippen LogP contribution in [-0.4, -0.2) is 18.5 Å². The van der Waals surface area contributed by atoms with Crippen molar-refractivity contribution in [3.8, 4) is 0 Å². The first-order valence-electron chi connectivity index (χ1n) is 7.84. The van der Waals surface area contributed by atoms with E-state index in [4.69, 9.17) is 0 Å². The zero-order valence-electron chi connectivity index (χ0n) is 13.1. The fourth-order valence-electron chi connectivity index (χ4n) is 2.76. The summed E-state index contributed by atoms with van der Waals surface area (Å²) < 4.78 is 0. The first-order valence-corrected chi connectivity index (χ1v) is 7.84. The molecule has 0 saturated carbocycles. The van der Waals surface area contributed by atoms with Crippen LogP contribution >= 0.6 is 0 Å². The molecule has 1 nitrogen and oxygen atoms in total. The van der Waals surface area contributed by atoms with E-state index in [0.717, 1.165) is 25.9 Å². The Balaban J connectivity index is 1.82. The molecule has 0 aromatic heterocycles. The molecular weight excluding hydrogens is 242 g/mol. The minimum Gasteiger partial charge on any atom is -0.302 e. The number of allylic oxidation sites excluding steroid dienone is 3. The molecule has 0 amide bonds. The van der Waals surface area contributed by atoms with Gasteiger partial charge in [-0.05, 0) is 43.4 Å². The molecule has 0 aliphatic heterocycles. The second-order valence-electron chi connectivity index (χ2n) is 5.85. The molecule has 108 valence electrons. The second kappa shape index (κ2) is 7.44. The van der Waals surface area contributed by atoms with Crippen LogP contribution in [0.5, 0.6) is 0 Å². The van der Waals surface area contributed by atoms with Gasteiger partial charge in [-0.3, -0.25) is 0 Å². The number of hydrogen-bond acceptors (Lipinski definition) is 1. The summed E-state index contributed by atoms with van der Waals surface area (Å²) >= 11 is 0. The van der Waals surface area contributed by atoms with Crippen molar-refractivity contribution in [1.29, 1.82) is 0 Å². The maximum atomic E-state index is 2.43. The van der Waals surface area contributed by atoms with Gasteiger partial charge in [-0.2, -0.15) is 0 Å². The van der Waals surface area contributed by atoms with Gasteiger partial charge in [0, 0.05) is 13.1 Å². The van der Waals surface area contributed by atoms with Gasteiger partial charge in [-0.15, -0.1) is 0 Å². The van der Waals surface area contributed by atoms with Crippen LogP contribution in [0.25, 0.3) is 0 Å². The Kier molecular flexibility index (Phi) is 5.60. The van der Waals surface area contributed by atoms with Crippen LogP contribution in [0, 0.1) is 5.92 Å². The molecule has 1 aliphatic carbocycles. The molecule has 0 spiro atoms. The average molecular weight is 269 g/mol. The topological polar surface area (TPSA) is 3.24 Å². The highest BCUT2D eigenvalue weighted by atomic mass is 15.1. The Morgan fingerprint density at radius 3 is 2.30 bits per heavy atom. The highest BCUT2D eigenvalue weighted by Crippen LogP contribution is 2.19. The molecule has 20 heavy (non-hydrogen) atoms. The van der Waals surface area contributed by atoms with Gasteiger partial charge in [0.1, 0.15) is 0 Å². The minimum atomic E-state index is 0.671. The van der Waals surface area contributed by atoms with E-state index in [-0.39, 0.29) is 0 Å². The Hall–Kier alpha value is -1.34. The molecule has 2 rings (SSSR count). The number of rotatable bonds is 6. The zero-order chi connectivity index (χ0) is 14.4. The fraction of sp³-hybridized carbons (Fsp3) is 0.474. The van der Waals surface area contributed by atoms with Gasteiger partial charge in [0.05, 0.1) is 0 Å². The van der Waals surface area contributed by atoms with Crippen molar-refractivity contribution in [3.05, 3.63) is 59.2 Å². The van der Waals surface area contributed by atoms with Crippen molar-refractivity contribution >= 4 is 0 Å². The van der Waals surface area contributed by atoms with Gasteiger partial charge in [-0.25, -0.2) is 0 Å². The van der Waals surface area contributed by atoms with Gasteiger partial charge in [0.15, 0.2) is 0 Å². The smallest absolute Gasteiger partial charge is 0.0230 e. The predicted molar refractivity (Wildman–Crippen MR) is 87.8 cm³/mol. The summed E-state index contributed by atoms with van der Waals surface area (Å²) in [6, 6.07) is 9.03. The summed E-state index contributed by atoms with van der Waals surface area (Å²) in [6.45, 7) is 6.61. The quantitative estimate of drug-likeness (QED) is 0.730. The van der Waals surface area contributed by atoms with Crippen LogP contribution in [0.1, 0.15) is 37.8 Å². The molecular formula is C19H27N. The van der Waals surface area contributed by atoms with Crippen LogP contribution in [0.4, 0.5) is 0 Å². The Bertz CT molecular complexity index is 467. The third-order valence-corrected chi connectivity index (χ3v) is 4.10. The Labute approximate surface area is 124 Å². The van der Waals surface area contributed by atoms with Gasteiger partial charge in [0.2, 0.25) is 0 Å². The first-order chi connectivity index (χ1) is 9.71. The summed E-state index contributed by atoms with van der Waals surface area (Å²) in [4.78, 5) is 2.43. The van der Waals surface area contributed by atoms with Crippen molar-refractivity contribution < 1.29 is 0 Å². The summed E-state index contributed by atoms with van der Waals surface area (Å²) in [6.07, 6.45) is 10.6. The van der Waals surface area contributed by atoms with E-state index in [2.05, 4.69) is 68.3 Å². The molecule has 0 heterocycles. The van der Waals surface area contributed by atoms with Gasteiger partial charge >= 0.3 is 0 Å². The lowest BCUT2D eigenvalue weighted by atomic mass is 9.95. The van der Waals surface area contributed by atoms with Crippen molar-refractivity contribution in [2.75, 3.05) is 13.6 Å². The maximum absolute atomic E-state index is 2.43. The number of nitrogens with zero attached hydrogens (tertiary/aromatic N) is 1. The van der Waals surface area contributed by atoms with E-state index >= 15 is 0 Å². The zero-order valence-corrected chi connectivity index (χ0v) is 13.1. The number of benzene rings is 1. The standard InChI is InChI=1S/C19H27N/c1-4-16-6-10-18(11-7-16)14-20(3)15-19-12-8-17(5-2)9-13-19/h6-12,19H,4-5,13-15H2,1-3H3. The van der Waals surface area contributed by atoms with Crippen LogP contribution in [0.15, 0.2) is 48.1 Å². The highest BCUT2D eigenvalue weighted by molar-refractivity contribution is 5.24. The van der Waals surface area contributed by atoms with Crippen LogP contribution in [0.3, 0.4) is 0 Å². The highest BCUT2D eigenvalue weighted by Gasteiger charge is 2.11. The lowest BCUT2D eigenvalue weighted by Crippen LogP contribution is -2.25. The van der Waals surface area contributed by atoms with Crippen LogP contribution < -0.4 is 0 Å². The molecule has 1 heteroatoms. The van der Waals surface area contributed by atoms with Gasteiger partial charge in [0.25, 0.3) is 0 Å². The molecule has 0 radical (unpaired) electrons. The third-order valence-electron chi connectivity index (χ3n) is 4.10. The van der Waals surface area contributed by atoms with E-state index in [1.54, 1.807) is 0 Å². The SMILES string of the molecule is CCC1=CCC(CN(C)Cc2ccc(CC)cc2)C=C1. The molecule has 0 saturated heterocycles. The summed E-state index contributed by atoms with van der Waals surface area (Å²) in [5, 5.41) is 0. The molecule has 0 fully saturated rings. The van der Waals surface area contributed by atoms with E-state index in [1.807, 2.05) is 0 Å². The lowest BCUT2D eigenvalue weighted by molar-refractivity contribution is 0.292. The summed E-state index contributed by atoms with van der Waals surface area (Å²) in [5.74, 6) is 0.671. The molecule has 0 bridgehead atoms. The Morgan fingerprint density at radius 2 is 1.75 bits per heavy atom. The van der Waals surface area contributed by atoms with E-state index in [0.29, 0.717) is 5.92 Å².